The average molecular weight is 441 g/mol. The fraction of sp³-hybridized carbons (Fsp3) is 0.435. The minimum absolute atomic E-state index is 0.242. The van der Waals surface area contributed by atoms with E-state index < -0.39 is 29.2 Å². The molecule has 0 radical (unpaired) electrons. The Bertz CT molecular complexity index is 1240. The van der Waals surface area contributed by atoms with Gasteiger partial charge in [0.25, 0.3) is 12.0 Å². The van der Waals surface area contributed by atoms with Crippen LogP contribution in [0.25, 0.3) is 11.0 Å². The van der Waals surface area contributed by atoms with Crippen molar-refractivity contribution < 1.29 is 13.9 Å². The molecule has 2 aromatic heterocycles. The van der Waals surface area contributed by atoms with Crippen LogP contribution in [0.3, 0.4) is 0 Å². The van der Waals surface area contributed by atoms with Crippen molar-refractivity contribution in [3.05, 3.63) is 57.5 Å². The van der Waals surface area contributed by atoms with E-state index in [0.29, 0.717) is 24.6 Å². The maximum absolute atomic E-state index is 13.6. The Morgan fingerprint density at radius 2 is 2.16 bits per heavy atom. The molecular formula is C23H25F2N5O2. The first-order chi connectivity index (χ1) is 15.3. The topological polar surface area (TPSA) is 92.1 Å². The Morgan fingerprint density at radius 3 is 2.91 bits per heavy atom. The van der Waals surface area contributed by atoms with Crippen LogP contribution < -0.4 is 16.2 Å². The first-order valence-electron chi connectivity index (χ1n) is 10.9. The lowest BCUT2D eigenvalue weighted by Gasteiger charge is -2.28. The van der Waals surface area contributed by atoms with Crippen LogP contribution in [0.5, 0.6) is 0 Å². The van der Waals surface area contributed by atoms with Gasteiger partial charge in [0.05, 0.1) is 17.2 Å². The quantitative estimate of drug-likeness (QED) is 0.573. The number of fused-ring (bicyclic) bond motifs is 2. The Kier molecular flexibility index (Phi) is 5.17. The number of aromatic nitrogens is 3. The van der Waals surface area contributed by atoms with Crippen molar-refractivity contribution >= 4 is 22.7 Å². The minimum atomic E-state index is -2.92. The molecule has 0 saturated heterocycles. The van der Waals surface area contributed by atoms with Gasteiger partial charge in [0.2, 0.25) is 5.95 Å². The normalized spacial score (nSPS) is 23.0. The predicted molar refractivity (Wildman–Crippen MR) is 117 cm³/mol. The molecule has 0 bridgehead atoms. The van der Waals surface area contributed by atoms with Gasteiger partial charge in [-0.25, -0.2) is 13.8 Å². The Hall–Kier alpha value is -2.91. The number of nitrogens with zero attached hydrogens (tertiary/aromatic N) is 3. The van der Waals surface area contributed by atoms with Gasteiger partial charge in [-0.3, -0.25) is 9.36 Å². The zero-order chi connectivity index (χ0) is 22.5. The molecule has 168 valence electrons. The van der Waals surface area contributed by atoms with Crippen LogP contribution in [-0.4, -0.2) is 31.8 Å². The molecule has 1 aliphatic carbocycles. The van der Waals surface area contributed by atoms with Crippen molar-refractivity contribution in [1.82, 2.24) is 19.9 Å². The van der Waals surface area contributed by atoms with Gasteiger partial charge in [0.1, 0.15) is 5.65 Å². The number of pyridine rings is 1. The van der Waals surface area contributed by atoms with E-state index in [4.69, 9.17) is 0 Å². The third kappa shape index (κ3) is 3.65. The fourth-order valence-corrected chi connectivity index (χ4v) is 4.87. The SMILES string of the molecule is CC1(O)CCCC1n1c(=O)c(C(F)F)cc2cnc(Nc3ccc4c(c3)CCNC4)nc21. The lowest BCUT2D eigenvalue weighted by Crippen LogP contribution is -2.38. The number of anilines is 2. The molecule has 2 aliphatic rings. The summed E-state index contributed by atoms with van der Waals surface area (Å²) in [4.78, 5) is 21.8. The number of benzene rings is 1. The molecule has 32 heavy (non-hydrogen) atoms. The molecule has 1 aromatic carbocycles. The first-order valence-corrected chi connectivity index (χ1v) is 10.9. The molecule has 5 rings (SSSR count). The second-order valence-electron chi connectivity index (χ2n) is 8.85. The number of nitrogens with one attached hydrogen (secondary N) is 2. The Morgan fingerprint density at radius 1 is 1.31 bits per heavy atom. The second-order valence-corrected chi connectivity index (χ2v) is 8.85. The molecule has 3 aromatic rings. The first kappa shape index (κ1) is 21.0. The van der Waals surface area contributed by atoms with E-state index in [0.717, 1.165) is 31.3 Å². The van der Waals surface area contributed by atoms with Crippen LogP contribution in [0.4, 0.5) is 20.4 Å². The van der Waals surface area contributed by atoms with Crippen molar-refractivity contribution in [3.63, 3.8) is 0 Å². The molecule has 1 aliphatic heterocycles. The van der Waals surface area contributed by atoms with E-state index in [1.165, 1.54) is 21.9 Å². The molecule has 3 heterocycles. The van der Waals surface area contributed by atoms with Gasteiger partial charge >= 0.3 is 0 Å². The van der Waals surface area contributed by atoms with Crippen LogP contribution in [0.1, 0.15) is 55.3 Å². The van der Waals surface area contributed by atoms with Crippen LogP contribution in [-0.2, 0) is 13.0 Å². The summed E-state index contributed by atoms with van der Waals surface area (Å²) in [6, 6.07) is 6.56. The second kappa shape index (κ2) is 7.90. The highest BCUT2D eigenvalue weighted by atomic mass is 19.3. The van der Waals surface area contributed by atoms with Crippen LogP contribution >= 0.6 is 0 Å². The summed E-state index contributed by atoms with van der Waals surface area (Å²) in [5, 5.41) is 17.7. The van der Waals surface area contributed by atoms with Crippen molar-refractivity contribution in [2.75, 3.05) is 11.9 Å². The smallest absolute Gasteiger partial charge is 0.269 e. The van der Waals surface area contributed by atoms with Gasteiger partial charge in [0.15, 0.2) is 0 Å². The van der Waals surface area contributed by atoms with Crippen molar-refractivity contribution in [1.29, 1.82) is 0 Å². The fourth-order valence-electron chi connectivity index (χ4n) is 4.87. The molecule has 0 amide bonds. The molecule has 1 saturated carbocycles. The van der Waals surface area contributed by atoms with Crippen LogP contribution in [0.15, 0.2) is 35.3 Å². The molecule has 3 N–H and O–H groups in total. The van der Waals surface area contributed by atoms with E-state index in [1.54, 1.807) is 6.92 Å². The highest BCUT2D eigenvalue weighted by Gasteiger charge is 2.40. The zero-order valence-corrected chi connectivity index (χ0v) is 17.7. The van der Waals surface area contributed by atoms with Gasteiger partial charge in [0, 0.05) is 23.8 Å². The number of aliphatic hydroxyl groups is 1. The van der Waals surface area contributed by atoms with E-state index in [1.807, 2.05) is 12.1 Å². The van der Waals surface area contributed by atoms with Gasteiger partial charge < -0.3 is 15.7 Å². The lowest BCUT2D eigenvalue weighted by atomic mass is 9.99. The number of rotatable bonds is 4. The molecule has 2 atom stereocenters. The Balaban J connectivity index is 1.60. The highest BCUT2D eigenvalue weighted by Crippen LogP contribution is 2.40. The van der Waals surface area contributed by atoms with E-state index in [-0.39, 0.29) is 11.6 Å². The molecule has 2 unspecified atom stereocenters. The third-order valence-electron chi connectivity index (χ3n) is 6.57. The summed E-state index contributed by atoms with van der Waals surface area (Å²) in [5.74, 6) is 0.266. The molecule has 1 fully saturated rings. The number of hydrogen-bond donors (Lipinski definition) is 3. The van der Waals surface area contributed by atoms with E-state index in [9.17, 15) is 18.7 Å². The molecule has 0 spiro atoms. The maximum Gasteiger partial charge on any atom is 0.269 e. The Labute approximate surface area is 183 Å². The van der Waals surface area contributed by atoms with Crippen molar-refractivity contribution in [2.45, 2.75) is 57.2 Å². The average Bonchev–Trinajstić information content (AvgIpc) is 3.11. The lowest BCUT2D eigenvalue weighted by molar-refractivity contribution is 0.0261. The zero-order valence-electron chi connectivity index (χ0n) is 17.7. The van der Waals surface area contributed by atoms with Gasteiger partial charge in [-0.05, 0) is 68.5 Å². The third-order valence-corrected chi connectivity index (χ3v) is 6.57. The minimum Gasteiger partial charge on any atom is -0.388 e. The van der Waals surface area contributed by atoms with Crippen LogP contribution in [0, 0.1) is 0 Å². The molecule has 7 nitrogen and oxygen atoms in total. The molecular weight excluding hydrogens is 416 g/mol. The van der Waals surface area contributed by atoms with Crippen molar-refractivity contribution in [2.24, 2.45) is 0 Å². The summed E-state index contributed by atoms with van der Waals surface area (Å²) in [5.41, 5.74) is 0.955. The highest BCUT2D eigenvalue weighted by molar-refractivity contribution is 5.77. The summed E-state index contributed by atoms with van der Waals surface area (Å²) in [6.07, 6.45) is 1.15. The molecule has 9 heteroatoms. The standard InChI is InChI=1S/C23H25F2N5O2/c1-23(32)7-2-3-18(23)30-20-15(10-17(19(24)25)21(30)31)12-27-22(29-20)28-16-5-4-14-11-26-8-6-13(14)9-16/h4-5,9-10,12,18-19,26,32H,2-3,6-8,11H2,1H3,(H,27,28,29). The monoisotopic (exact) mass is 441 g/mol. The van der Waals surface area contributed by atoms with Crippen LogP contribution in [0.2, 0.25) is 0 Å². The number of halogens is 2. The van der Waals surface area contributed by atoms with Gasteiger partial charge in [-0.2, -0.15) is 4.98 Å². The number of alkyl halides is 2. The maximum atomic E-state index is 13.6. The largest absolute Gasteiger partial charge is 0.388 e. The van der Waals surface area contributed by atoms with E-state index >= 15 is 0 Å². The summed E-state index contributed by atoms with van der Waals surface area (Å²) in [7, 11) is 0. The number of hydrogen-bond acceptors (Lipinski definition) is 6. The van der Waals surface area contributed by atoms with Crippen molar-refractivity contribution in [3.8, 4) is 0 Å². The predicted octanol–water partition coefficient (Wildman–Crippen LogP) is 3.59. The van der Waals surface area contributed by atoms with Gasteiger partial charge in [-0.1, -0.05) is 6.07 Å². The van der Waals surface area contributed by atoms with E-state index in [2.05, 4.69) is 26.7 Å². The summed E-state index contributed by atoms with van der Waals surface area (Å²) >= 11 is 0. The summed E-state index contributed by atoms with van der Waals surface area (Å²) in [6.45, 7) is 3.39. The summed E-state index contributed by atoms with van der Waals surface area (Å²) < 4.78 is 28.4. The van der Waals surface area contributed by atoms with Gasteiger partial charge in [-0.15, -0.1) is 0 Å².